The van der Waals surface area contributed by atoms with Crippen LogP contribution in [0, 0.1) is 70.4 Å². The summed E-state index contributed by atoms with van der Waals surface area (Å²) in [6, 6.07) is 0. The molecule has 0 aliphatic carbocycles. The van der Waals surface area contributed by atoms with Gasteiger partial charge in [0.2, 0.25) is 23.6 Å². The lowest BCUT2D eigenvalue weighted by Crippen LogP contribution is -2.36. The number of hydrogen-bond acceptors (Lipinski definition) is 17. The number of carbonyl (C=O) groups is 13. The van der Waals surface area contributed by atoms with Crippen molar-refractivity contribution in [1.29, 1.82) is 0 Å². The van der Waals surface area contributed by atoms with Crippen molar-refractivity contribution >= 4 is 99.6 Å². The Kier molecular flexibility index (Phi) is 94.0. The highest BCUT2D eigenvalue weighted by Crippen LogP contribution is 2.28. The molecule has 0 aliphatic heterocycles. The number of nitrogens with one attached hydrogen (secondary N) is 4. The fraction of sp³-hybridized carbons (Fsp3) is 0.711. The van der Waals surface area contributed by atoms with Gasteiger partial charge in [0, 0.05) is 102 Å². The zero-order chi connectivity index (χ0) is 121. The second-order valence-corrected chi connectivity index (χ2v) is 54.1. The van der Waals surface area contributed by atoms with Gasteiger partial charge in [0.15, 0.2) is 28.9 Å². The molecule has 0 fully saturated rings. The molecular formula is C121H221Cl2F3N6O16. The Morgan fingerprint density at radius 1 is 0.358 bits per heavy atom. The number of carbonyl (C=O) groups excluding carboxylic acids is 13. The molecule has 866 valence electrons. The van der Waals surface area contributed by atoms with Crippen molar-refractivity contribution in [3.63, 3.8) is 0 Å². The molecule has 3 atom stereocenters. The summed E-state index contributed by atoms with van der Waals surface area (Å²) in [4.78, 5) is 146. The van der Waals surface area contributed by atoms with Gasteiger partial charge < -0.3 is 45.3 Å². The molecule has 148 heavy (non-hydrogen) atoms. The van der Waals surface area contributed by atoms with Crippen LogP contribution in [0.15, 0.2) is 135 Å². The summed E-state index contributed by atoms with van der Waals surface area (Å²) in [6.07, 6.45) is 21.1. The van der Waals surface area contributed by atoms with Gasteiger partial charge in [-0.3, -0.25) is 47.9 Å². The second-order valence-electron chi connectivity index (χ2n) is 52.8. The first-order valence-electron chi connectivity index (χ1n) is 51.1. The quantitative estimate of drug-likeness (QED) is 0.0210. The van der Waals surface area contributed by atoms with Gasteiger partial charge in [-0.15, -0.1) is 23.2 Å². The van der Waals surface area contributed by atoms with Crippen LogP contribution in [0.25, 0.3) is 0 Å². The lowest BCUT2D eigenvalue weighted by molar-refractivity contribution is -0.147. The number of rotatable bonds is 32. The minimum Gasteiger partial charge on any atom is -0.462 e. The standard InChI is InChI=1S/C12H23NO.C11H20O.2C10H18O.C9H14F3NO.2C9H17NO.2C9H16O2.C9H16O.2C8H16ClNO.C8H14O2/c1-12(2,3)9-8-11(14)7-6-10-13(4)5;1-9(2)8-10(12)6-7-11(3,4)5;1-8(2)6-9(11)7-10(3,4)5;1-5-6-9(11)7-8-10(2,3)4;1-6(9(10,11)12)7(14)13-5-8(2,3)4;1-7(2)8(11)10-6-9(3,4)5;1-6-8(11)10(5)7-9(2,3)4;1-6-8(10)11-7(2)9(3,4)5;1-5-6-8(10)11-7-9(2,3)4;1-5-8(10)6-7-9(2,3)4;2*1-6(9)7(11)10-5-8(2,3)4;1-5-7(9)10-6-8(2,3)4/h6-7H,8-10H2,1-5H3;8H,6-7H2,1-5H3;6H,7H2,1-5H3;5-6H,7-8H2,1-4H3;1,5H2,2-4H3,(H,13,14);1,6H2,2-5H3,(H,10,11);6H,1,7H2,2-5H3;6-7H,1H2,2-5H3;5-6H,7H2,1-4H3;5H,1,6-7H2,2-4H3;2*6H,5H2,1-4H3,(H,10,11);5H,1,6H2,2-4H3/b7-6+;;;6-5+;;;;;6-5+;;;;/t;;;;;;;;;;6-;;/m..........1../s1. The fourth-order valence-electron chi connectivity index (χ4n) is 8.36. The van der Waals surface area contributed by atoms with Crippen molar-refractivity contribution < 1.29 is 89.7 Å². The number of alkyl halides is 5. The molecule has 0 spiro atoms. The Balaban J connectivity index is -0.000000121. The molecule has 4 N–H and O–H groups in total. The van der Waals surface area contributed by atoms with Gasteiger partial charge in [0.05, 0.1) is 13.2 Å². The van der Waals surface area contributed by atoms with Crippen molar-refractivity contribution in [2.24, 2.45) is 70.4 Å². The number of ketones is 5. The van der Waals surface area contributed by atoms with E-state index in [0.717, 1.165) is 49.9 Å². The summed E-state index contributed by atoms with van der Waals surface area (Å²) in [5, 5.41) is 9.59. The third-order valence-electron chi connectivity index (χ3n) is 17.0. The minimum atomic E-state index is -4.65. The van der Waals surface area contributed by atoms with Crippen LogP contribution in [-0.2, 0) is 76.5 Å². The highest BCUT2D eigenvalue weighted by molar-refractivity contribution is 6.30. The van der Waals surface area contributed by atoms with Gasteiger partial charge >= 0.3 is 24.1 Å². The topological polar surface area (TPSA) is 304 Å². The number of halogens is 5. The minimum absolute atomic E-state index is 0.00132. The Morgan fingerprint density at radius 2 is 0.662 bits per heavy atom. The summed E-state index contributed by atoms with van der Waals surface area (Å²) in [5.74, 6) is -1.28. The van der Waals surface area contributed by atoms with Crippen molar-refractivity contribution in [3.05, 3.63) is 135 Å². The van der Waals surface area contributed by atoms with Gasteiger partial charge in [0.1, 0.15) is 22.4 Å². The SMILES string of the molecule is C/C=C/C(=O)CCC(C)(C)C.C/C=C/C(=O)OCC(C)(C)C.C=C(C(=O)NCC(C)(C)C)C(F)(F)F.C=C(C)C(=O)NCC(C)(C)C.C=CC(=O)CCC(C)(C)C.C=CC(=O)N(C)CC(C)(C)C.C=CC(=O)OC(C)C(C)(C)C.C=CC(=O)OCC(C)(C)C.CC(C)=CC(=O)CC(C)(C)C.CC(C)=CC(=O)CCC(C)(C)C.CC(Cl)C(=O)NCC(C)(C)C.CN(C)C/C=C/C(=O)CCC(C)(C)C.C[C@@H](Cl)C(=O)NCC(C)(C)C. The molecule has 0 aromatic rings. The van der Waals surface area contributed by atoms with Crippen LogP contribution in [0.3, 0.4) is 0 Å². The molecule has 0 aromatic carbocycles. The highest BCUT2D eigenvalue weighted by Gasteiger charge is 2.37. The van der Waals surface area contributed by atoms with Crippen LogP contribution in [0.1, 0.15) is 397 Å². The molecule has 0 saturated heterocycles. The van der Waals surface area contributed by atoms with E-state index in [0.29, 0.717) is 70.5 Å². The lowest BCUT2D eigenvalue weighted by Gasteiger charge is -2.26. The molecule has 22 nitrogen and oxygen atoms in total. The summed E-state index contributed by atoms with van der Waals surface area (Å²) in [7, 11) is 5.77. The molecule has 0 aromatic heterocycles. The maximum atomic E-state index is 12.0. The van der Waals surface area contributed by atoms with Crippen molar-refractivity contribution in [2.45, 2.75) is 420 Å². The normalized spacial score (nSPS) is 12.1. The second kappa shape index (κ2) is 83.2. The molecule has 0 heterocycles. The Bertz CT molecular complexity index is 3890. The third-order valence-corrected chi connectivity index (χ3v) is 17.4. The zero-order valence-electron chi connectivity index (χ0n) is 104. The van der Waals surface area contributed by atoms with E-state index < -0.39 is 28.4 Å². The van der Waals surface area contributed by atoms with Gasteiger partial charge in [-0.05, 0) is 216 Å². The number of ether oxygens (including phenoxy) is 3. The number of hydrogen-bond donors (Lipinski definition) is 4. The first-order chi connectivity index (χ1) is 65.5. The maximum Gasteiger partial charge on any atom is 0.421 e. The average molecular weight is 2140 g/mol. The average Bonchev–Trinajstić information content (AvgIpc) is 0.872. The van der Waals surface area contributed by atoms with E-state index in [1.54, 1.807) is 76.1 Å². The summed E-state index contributed by atoms with van der Waals surface area (Å²) in [6.45, 7) is 123. The predicted octanol–water partition coefficient (Wildman–Crippen LogP) is 29.6. The summed E-state index contributed by atoms with van der Waals surface area (Å²) >= 11 is 11.1. The van der Waals surface area contributed by atoms with E-state index in [4.69, 9.17) is 37.4 Å². The fourth-order valence-corrected chi connectivity index (χ4v) is 8.51. The predicted molar refractivity (Wildman–Crippen MR) is 624 cm³/mol. The van der Waals surface area contributed by atoms with E-state index in [1.165, 1.54) is 30.4 Å². The first-order valence-corrected chi connectivity index (χ1v) is 52.0. The van der Waals surface area contributed by atoms with Crippen LogP contribution in [0.2, 0.25) is 0 Å². The Labute approximate surface area is 913 Å². The Hall–Kier alpha value is -8.42. The molecule has 0 bridgehead atoms. The molecular weight excluding hydrogens is 1920 g/mol. The van der Waals surface area contributed by atoms with Crippen molar-refractivity contribution in [2.75, 3.05) is 73.6 Å². The van der Waals surface area contributed by atoms with Crippen LogP contribution < -0.4 is 21.3 Å². The monoisotopic (exact) mass is 2140 g/mol. The molecule has 0 saturated carbocycles. The molecule has 0 rings (SSSR count). The van der Waals surface area contributed by atoms with E-state index in [-0.39, 0.29) is 153 Å². The molecule has 0 aliphatic rings. The van der Waals surface area contributed by atoms with E-state index in [2.05, 4.69) is 248 Å². The number of esters is 3. The van der Waals surface area contributed by atoms with E-state index >= 15 is 0 Å². The van der Waals surface area contributed by atoms with Crippen molar-refractivity contribution in [3.8, 4) is 0 Å². The molecule has 27 heteroatoms. The van der Waals surface area contributed by atoms with Crippen LogP contribution in [-0.4, -0.2) is 183 Å². The van der Waals surface area contributed by atoms with Gasteiger partial charge in [-0.2, -0.15) is 13.2 Å². The van der Waals surface area contributed by atoms with Crippen LogP contribution in [0.5, 0.6) is 0 Å². The first kappa shape index (κ1) is 167. The number of amides is 5. The summed E-state index contributed by atoms with van der Waals surface area (Å²) in [5.41, 5.74) is 2.95. The molecule has 5 amide bonds. The van der Waals surface area contributed by atoms with Gasteiger partial charge in [-0.25, -0.2) is 14.4 Å². The van der Waals surface area contributed by atoms with Crippen molar-refractivity contribution in [1.82, 2.24) is 31.1 Å². The molecule has 0 radical (unpaired) electrons. The van der Waals surface area contributed by atoms with Crippen LogP contribution >= 0.6 is 23.2 Å². The Morgan fingerprint density at radius 3 is 0.912 bits per heavy atom. The highest BCUT2D eigenvalue weighted by atomic mass is 35.5. The zero-order valence-corrected chi connectivity index (χ0v) is 105. The largest absolute Gasteiger partial charge is 0.462 e. The smallest absolute Gasteiger partial charge is 0.421 e. The van der Waals surface area contributed by atoms with E-state index in [9.17, 15) is 75.5 Å². The molecule has 2 unspecified atom stereocenters. The van der Waals surface area contributed by atoms with Gasteiger partial charge in [0.25, 0.3) is 5.91 Å². The van der Waals surface area contributed by atoms with Crippen LogP contribution in [0.4, 0.5) is 13.2 Å². The lowest BCUT2D eigenvalue weighted by atomic mass is 9.89. The summed E-state index contributed by atoms with van der Waals surface area (Å²) < 4.78 is 50.6. The number of nitrogens with zero attached hydrogens (tertiary/aromatic N) is 2. The van der Waals surface area contributed by atoms with Gasteiger partial charge in [-0.1, -0.05) is 339 Å². The number of likely N-dealkylation sites (N-methyl/N-ethyl adjacent to an activating group) is 2. The third kappa shape index (κ3) is 163. The maximum absolute atomic E-state index is 12.0. The number of allylic oxidation sites excluding steroid dienone is 9. The van der Waals surface area contributed by atoms with E-state index in [1.807, 2.05) is 150 Å².